The summed E-state index contributed by atoms with van der Waals surface area (Å²) in [7, 11) is 3.32. The van der Waals surface area contributed by atoms with E-state index in [0.717, 1.165) is 28.4 Å². The lowest BCUT2D eigenvalue weighted by Gasteiger charge is -2.29. The number of anilines is 1. The molecule has 31 heavy (non-hydrogen) atoms. The van der Waals surface area contributed by atoms with E-state index in [-0.39, 0.29) is 0 Å². The van der Waals surface area contributed by atoms with E-state index in [1.165, 1.54) is 36.8 Å². The van der Waals surface area contributed by atoms with Gasteiger partial charge in [-0.2, -0.15) is 0 Å². The van der Waals surface area contributed by atoms with E-state index in [1.807, 2.05) is 12.3 Å². The molecule has 0 bridgehead atoms. The molecule has 0 aliphatic heterocycles. The van der Waals surface area contributed by atoms with Crippen LogP contribution in [0.25, 0.3) is 10.4 Å². The van der Waals surface area contributed by atoms with Crippen molar-refractivity contribution in [2.45, 2.75) is 31.6 Å². The van der Waals surface area contributed by atoms with Crippen LogP contribution < -0.4 is 14.8 Å². The van der Waals surface area contributed by atoms with Crippen molar-refractivity contribution >= 4 is 17.0 Å². The largest absolute Gasteiger partial charge is 0.495 e. The summed E-state index contributed by atoms with van der Waals surface area (Å²) < 4.78 is 10.6. The van der Waals surface area contributed by atoms with Crippen molar-refractivity contribution in [2.75, 3.05) is 26.1 Å². The molecule has 1 aliphatic rings. The highest BCUT2D eigenvalue weighted by Crippen LogP contribution is 2.37. The van der Waals surface area contributed by atoms with Crippen LogP contribution in [0.2, 0.25) is 0 Å². The lowest BCUT2D eigenvalue weighted by molar-refractivity contribution is 0.338. The number of rotatable bonds is 7. The standard InChI is InChI=1S/C26H28N2O2S/c1-4-19-14-21(12-13-24(19)29-2)20-10-8-18(9-11-20)16-27-23-7-5-6-22(15-23)25-17-28-26(30-3)31-25/h1,5-7,12-15,17-18,20,27H,8-11,16H2,2-3H3/t18-,20-. The van der Waals surface area contributed by atoms with E-state index in [0.29, 0.717) is 17.0 Å². The fourth-order valence-electron chi connectivity index (χ4n) is 4.32. The first-order chi connectivity index (χ1) is 15.2. The first kappa shape index (κ1) is 21.3. The van der Waals surface area contributed by atoms with Crippen LogP contribution in [0.15, 0.2) is 48.7 Å². The van der Waals surface area contributed by atoms with Gasteiger partial charge >= 0.3 is 0 Å². The van der Waals surface area contributed by atoms with Crippen molar-refractivity contribution < 1.29 is 9.47 Å². The van der Waals surface area contributed by atoms with Gasteiger partial charge in [0, 0.05) is 18.4 Å². The lowest BCUT2D eigenvalue weighted by atomic mass is 9.78. The zero-order valence-corrected chi connectivity index (χ0v) is 18.9. The number of terminal acetylenes is 1. The average Bonchev–Trinajstić information content (AvgIpc) is 3.32. The average molecular weight is 433 g/mol. The van der Waals surface area contributed by atoms with Gasteiger partial charge in [-0.15, -0.1) is 6.42 Å². The minimum absolute atomic E-state index is 0.582. The second-order valence-electron chi connectivity index (χ2n) is 7.98. The molecular formula is C26H28N2O2S. The molecule has 1 N–H and O–H groups in total. The lowest BCUT2D eigenvalue weighted by Crippen LogP contribution is -2.20. The first-order valence-electron chi connectivity index (χ1n) is 10.7. The van der Waals surface area contributed by atoms with Gasteiger partial charge in [0.15, 0.2) is 0 Å². The molecule has 5 heteroatoms. The van der Waals surface area contributed by atoms with Crippen LogP contribution in [0.3, 0.4) is 0 Å². The number of hydrogen-bond acceptors (Lipinski definition) is 5. The number of ether oxygens (including phenoxy) is 2. The quantitative estimate of drug-likeness (QED) is 0.452. The molecule has 2 aromatic carbocycles. The number of nitrogens with zero attached hydrogens (tertiary/aromatic N) is 1. The minimum Gasteiger partial charge on any atom is -0.495 e. The summed E-state index contributed by atoms with van der Waals surface area (Å²) in [4.78, 5) is 5.39. The third kappa shape index (κ3) is 5.03. The highest BCUT2D eigenvalue weighted by atomic mass is 32.1. The van der Waals surface area contributed by atoms with Crippen molar-refractivity contribution in [3.8, 4) is 33.7 Å². The Morgan fingerprint density at radius 3 is 2.65 bits per heavy atom. The predicted octanol–water partition coefficient (Wildman–Crippen LogP) is 6.19. The van der Waals surface area contributed by atoms with Crippen molar-refractivity contribution in [3.05, 3.63) is 59.8 Å². The van der Waals surface area contributed by atoms with Gasteiger partial charge in [0.1, 0.15) is 5.75 Å². The Morgan fingerprint density at radius 1 is 1.10 bits per heavy atom. The minimum atomic E-state index is 0.582. The highest BCUT2D eigenvalue weighted by Gasteiger charge is 2.23. The van der Waals surface area contributed by atoms with Crippen LogP contribution in [0.4, 0.5) is 5.69 Å². The third-order valence-electron chi connectivity index (χ3n) is 6.10. The van der Waals surface area contributed by atoms with Gasteiger partial charge in [0.05, 0.1) is 24.7 Å². The molecule has 1 heterocycles. The molecule has 3 aromatic rings. The van der Waals surface area contributed by atoms with Crippen molar-refractivity contribution in [1.29, 1.82) is 0 Å². The summed E-state index contributed by atoms with van der Waals surface area (Å²) in [6.07, 6.45) is 12.4. The van der Waals surface area contributed by atoms with Crippen LogP contribution in [0.1, 0.15) is 42.7 Å². The van der Waals surface area contributed by atoms with Gasteiger partial charge in [-0.3, -0.25) is 0 Å². The summed E-state index contributed by atoms with van der Waals surface area (Å²) >= 11 is 1.56. The molecule has 4 rings (SSSR count). The molecule has 0 saturated heterocycles. The molecule has 1 fully saturated rings. The molecular weight excluding hydrogens is 404 g/mol. The summed E-state index contributed by atoms with van der Waals surface area (Å²) in [5.74, 6) is 4.80. The van der Waals surface area contributed by atoms with Crippen LogP contribution in [0.5, 0.6) is 10.9 Å². The SMILES string of the molecule is C#Cc1cc([C@H]2CC[C@H](CNc3cccc(-c4cnc(OC)s4)c3)CC2)ccc1OC. The Kier molecular flexibility index (Phi) is 6.79. The predicted molar refractivity (Wildman–Crippen MR) is 128 cm³/mol. The monoisotopic (exact) mass is 432 g/mol. The first-order valence-corrected chi connectivity index (χ1v) is 11.5. The Balaban J connectivity index is 1.32. The number of nitrogens with one attached hydrogen (secondary N) is 1. The smallest absolute Gasteiger partial charge is 0.273 e. The van der Waals surface area contributed by atoms with Gasteiger partial charge in [0.2, 0.25) is 0 Å². The Morgan fingerprint density at radius 2 is 1.94 bits per heavy atom. The fraction of sp³-hybridized carbons (Fsp3) is 0.346. The van der Waals surface area contributed by atoms with E-state index in [9.17, 15) is 0 Å². The third-order valence-corrected chi connectivity index (χ3v) is 7.11. The molecule has 4 nitrogen and oxygen atoms in total. The molecule has 0 unspecified atom stereocenters. The van der Waals surface area contributed by atoms with E-state index < -0.39 is 0 Å². The topological polar surface area (TPSA) is 43.4 Å². The van der Waals surface area contributed by atoms with Crippen LogP contribution in [-0.4, -0.2) is 25.7 Å². The van der Waals surface area contributed by atoms with E-state index >= 15 is 0 Å². The molecule has 160 valence electrons. The van der Waals surface area contributed by atoms with Crippen molar-refractivity contribution in [2.24, 2.45) is 5.92 Å². The molecule has 0 radical (unpaired) electrons. The summed E-state index contributed by atoms with van der Waals surface area (Å²) in [6, 6.07) is 14.8. The molecule has 0 atom stereocenters. The summed E-state index contributed by atoms with van der Waals surface area (Å²) in [5.41, 5.74) is 4.51. The van der Waals surface area contributed by atoms with E-state index in [2.05, 4.69) is 52.6 Å². The van der Waals surface area contributed by atoms with Gasteiger partial charge in [0.25, 0.3) is 5.19 Å². The second kappa shape index (κ2) is 9.89. The maximum absolute atomic E-state index is 5.65. The molecule has 1 aromatic heterocycles. The Bertz CT molecular complexity index is 1060. The number of hydrogen-bond donors (Lipinski definition) is 1. The van der Waals surface area contributed by atoms with Crippen LogP contribution in [-0.2, 0) is 0 Å². The maximum Gasteiger partial charge on any atom is 0.273 e. The summed E-state index contributed by atoms with van der Waals surface area (Å²) in [6.45, 7) is 1.00. The molecule has 0 amide bonds. The van der Waals surface area contributed by atoms with Gasteiger partial charge in [-0.05, 0) is 72.9 Å². The number of thiazole rings is 1. The van der Waals surface area contributed by atoms with E-state index in [1.54, 1.807) is 25.6 Å². The maximum atomic E-state index is 5.65. The summed E-state index contributed by atoms with van der Waals surface area (Å²) in [5, 5.41) is 4.33. The highest BCUT2D eigenvalue weighted by molar-refractivity contribution is 7.16. The number of benzene rings is 2. The zero-order valence-electron chi connectivity index (χ0n) is 18.1. The Labute approximate surface area is 188 Å². The van der Waals surface area contributed by atoms with E-state index in [4.69, 9.17) is 15.9 Å². The zero-order chi connectivity index (χ0) is 21.6. The normalized spacial score (nSPS) is 18.2. The van der Waals surface area contributed by atoms with Crippen molar-refractivity contribution in [1.82, 2.24) is 4.98 Å². The second-order valence-corrected chi connectivity index (χ2v) is 8.97. The Hall–Kier alpha value is -2.97. The number of aromatic nitrogens is 1. The van der Waals surface area contributed by atoms with Crippen LogP contribution in [0, 0.1) is 18.3 Å². The fourth-order valence-corrected chi connectivity index (χ4v) is 5.05. The van der Waals surface area contributed by atoms with Gasteiger partial charge in [-0.1, -0.05) is 35.5 Å². The number of methoxy groups -OCH3 is 2. The molecule has 0 spiro atoms. The van der Waals surface area contributed by atoms with Crippen molar-refractivity contribution in [3.63, 3.8) is 0 Å². The molecule has 1 aliphatic carbocycles. The van der Waals surface area contributed by atoms with Gasteiger partial charge in [-0.25, -0.2) is 4.98 Å². The molecule has 1 saturated carbocycles. The van der Waals surface area contributed by atoms with Gasteiger partial charge < -0.3 is 14.8 Å². The van der Waals surface area contributed by atoms with Crippen LogP contribution >= 0.6 is 11.3 Å².